The Kier molecular flexibility index (Phi) is 3.71. The van der Waals surface area contributed by atoms with Crippen LogP contribution in [0.1, 0.15) is 17.4 Å². The van der Waals surface area contributed by atoms with E-state index in [1.807, 2.05) is 50.5 Å². The number of aromatic nitrogens is 2. The van der Waals surface area contributed by atoms with Crippen LogP contribution < -0.4 is 5.32 Å². The number of hydrogen-bond donors (Lipinski definition) is 1. The highest BCUT2D eigenvalue weighted by molar-refractivity contribution is 5.75. The van der Waals surface area contributed by atoms with Crippen molar-refractivity contribution in [2.45, 2.75) is 12.5 Å². The first kappa shape index (κ1) is 13.8. The summed E-state index contributed by atoms with van der Waals surface area (Å²) in [6.45, 7) is 0. The third-order valence-corrected chi connectivity index (χ3v) is 3.90. The zero-order valence-corrected chi connectivity index (χ0v) is 12.2. The summed E-state index contributed by atoms with van der Waals surface area (Å²) in [7, 11) is 3.85. The second-order valence-corrected chi connectivity index (χ2v) is 5.14. The molecule has 0 amide bonds. The maximum Gasteiger partial charge on any atom is 0.127 e. The summed E-state index contributed by atoms with van der Waals surface area (Å²) < 4.78 is 16.0. The van der Waals surface area contributed by atoms with Crippen LogP contribution in [0, 0.1) is 5.82 Å². The average Bonchev–Trinajstić information content (AvgIpc) is 2.82. The van der Waals surface area contributed by atoms with E-state index in [1.54, 1.807) is 6.07 Å². The van der Waals surface area contributed by atoms with E-state index in [-0.39, 0.29) is 11.9 Å². The van der Waals surface area contributed by atoms with Gasteiger partial charge in [0.25, 0.3) is 0 Å². The standard InChI is InChI=1S/C17H18FN3/c1-19-15(12-7-3-4-8-13(12)18)11-17-20-14-9-5-6-10-16(14)21(17)2/h3-10,15,19H,11H2,1-2H3. The van der Waals surface area contributed by atoms with Crippen LogP contribution in [-0.2, 0) is 13.5 Å². The molecule has 1 atom stereocenters. The van der Waals surface area contributed by atoms with Crippen molar-refractivity contribution in [3.05, 3.63) is 65.7 Å². The van der Waals surface area contributed by atoms with Gasteiger partial charge in [-0.3, -0.25) is 0 Å². The summed E-state index contributed by atoms with van der Waals surface area (Å²) in [5, 5.41) is 3.19. The fraction of sp³-hybridized carbons (Fsp3) is 0.235. The molecule has 1 N–H and O–H groups in total. The first-order chi connectivity index (χ1) is 10.2. The summed E-state index contributed by atoms with van der Waals surface area (Å²) in [4.78, 5) is 4.66. The first-order valence-electron chi connectivity index (χ1n) is 7.02. The molecule has 0 fully saturated rings. The van der Waals surface area contributed by atoms with Gasteiger partial charge in [-0.1, -0.05) is 30.3 Å². The van der Waals surface area contributed by atoms with E-state index >= 15 is 0 Å². The summed E-state index contributed by atoms with van der Waals surface area (Å²) in [5.41, 5.74) is 2.74. The van der Waals surface area contributed by atoms with E-state index in [4.69, 9.17) is 0 Å². The fourth-order valence-corrected chi connectivity index (χ4v) is 2.69. The zero-order chi connectivity index (χ0) is 14.8. The van der Waals surface area contributed by atoms with Crippen molar-refractivity contribution >= 4 is 11.0 Å². The van der Waals surface area contributed by atoms with Crippen molar-refractivity contribution in [2.24, 2.45) is 7.05 Å². The highest BCUT2D eigenvalue weighted by Crippen LogP contribution is 2.22. The number of benzene rings is 2. The van der Waals surface area contributed by atoms with Crippen LogP contribution in [0.4, 0.5) is 4.39 Å². The molecule has 0 spiro atoms. The van der Waals surface area contributed by atoms with Crippen molar-refractivity contribution in [2.75, 3.05) is 7.05 Å². The van der Waals surface area contributed by atoms with Gasteiger partial charge in [0, 0.05) is 25.1 Å². The van der Waals surface area contributed by atoms with Gasteiger partial charge in [-0.25, -0.2) is 9.37 Å². The van der Waals surface area contributed by atoms with Crippen molar-refractivity contribution < 1.29 is 4.39 Å². The Labute approximate surface area is 123 Å². The molecule has 0 saturated heterocycles. The predicted octanol–water partition coefficient (Wildman–Crippen LogP) is 3.22. The molecule has 3 aromatic rings. The maximum atomic E-state index is 14.0. The molecular formula is C17H18FN3. The number of imidazole rings is 1. The van der Waals surface area contributed by atoms with Gasteiger partial charge in [-0.2, -0.15) is 0 Å². The summed E-state index contributed by atoms with van der Waals surface area (Å²) in [5.74, 6) is 0.759. The number of para-hydroxylation sites is 2. The van der Waals surface area contributed by atoms with E-state index in [9.17, 15) is 4.39 Å². The number of halogens is 1. The molecule has 0 radical (unpaired) electrons. The Hall–Kier alpha value is -2.20. The second-order valence-electron chi connectivity index (χ2n) is 5.14. The van der Waals surface area contributed by atoms with Crippen molar-refractivity contribution in [1.82, 2.24) is 14.9 Å². The van der Waals surface area contributed by atoms with Crippen LogP contribution in [0.2, 0.25) is 0 Å². The lowest BCUT2D eigenvalue weighted by Gasteiger charge is -2.17. The maximum absolute atomic E-state index is 14.0. The lowest BCUT2D eigenvalue weighted by Crippen LogP contribution is -2.21. The molecule has 0 aliphatic rings. The molecule has 108 valence electrons. The molecule has 2 aromatic carbocycles. The van der Waals surface area contributed by atoms with Gasteiger partial charge in [0.05, 0.1) is 11.0 Å². The van der Waals surface area contributed by atoms with Gasteiger partial charge >= 0.3 is 0 Å². The molecule has 1 aromatic heterocycles. The number of likely N-dealkylation sites (N-methyl/N-ethyl adjacent to an activating group) is 1. The monoisotopic (exact) mass is 283 g/mol. The molecule has 1 heterocycles. The molecule has 3 rings (SSSR count). The van der Waals surface area contributed by atoms with Crippen LogP contribution in [0.3, 0.4) is 0 Å². The molecule has 0 aliphatic heterocycles. The average molecular weight is 283 g/mol. The molecule has 3 nitrogen and oxygen atoms in total. The largest absolute Gasteiger partial charge is 0.331 e. The summed E-state index contributed by atoms with van der Waals surface area (Å²) >= 11 is 0. The minimum atomic E-state index is -0.185. The van der Waals surface area contributed by atoms with Crippen LogP contribution in [0.15, 0.2) is 48.5 Å². The number of rotatable bonds is 4. The van der Waals surface area contributed by atoms with Crippen LogP contribution in [0.5, 0.6) is 0 Å². The highest BCUT2D eigenvalue weighted by Gasteiger charge is 2.17. The SMILES string of the molecule is CNC(Cc1nc2ccccc2n1C)c1ccccc1F. The quantitative estimate of drug-likeness (QED) is 0.797. The van der Waals surface area contributed by atoms with Gasteiger partial charge in [0.1, 0.15) is 11.6 Å². The number of hydrogen-bond acceptors (Lipinski definition) is 2. The minimum absolute atomic E-state index is 0.0956. The smallest absolute Gasteiger partial charge is 0.127 e. The topological polar surface area (TPSA) is 29.9 Å². The summed E-state index contributed by atoms with van der Waals surface area (Å²) in [6, 6.07) is 14.8. The first-order valence-corrected chi connectivity index (χ1v) is 7.02. The lowest BCUT2D eigenvalue weighted by molar-refractivity contribution is 0.521. The van der Waals surface area contributed by atoms with Crippen LogP contribution in [-0.4, -0.2) is 16.6 Å². The Morgan fingerprint density at radius 2 is 1.86 bits per heavy atom. The molecule has 0 bridgehead atoms. The Bertz CT molecular complexity index is 764. The lowest BCUT2D eigenvalue weighted by atomic mass is 10.0. The van der Waals surface area contributed by atoms with Gasteiger partial charge in [0.2, 0.25) is 0 Å². The van der Waals surface area contributed by atoms with E-state index in [0.29, 0.717) is 12.0 Å². The third-order valence-electron chi connectivity index (χ3n) is 3.90. The van der Waals surface area contributed by atoms with Gasteiger partial charge in [-0.15, -0.1) is 0 Å². The number of fused-ring (bicyclic) bond motifs is 1. The molecule has 4 heteroatoms. The van der Waals surface area contributed by atoms with E-state index < -0.39 is 0 Å². The van der Waals surface area contributed by atoms with Gasteiger partial charge in [0.15, 0.2) is 0 Å². The Morgan fingerprint density at radius 1 is 1.14 bits per heavy atom. The fourth-order valence-electron chi connectivity index (χ4n) is 2.69. The van der Waals surface area contributed by atoms with Crippen molar-refractivity contribution in [1.29, 1.82) is 0 Å². The molecular weight excluding hydrogens is 265 g/mol. The van der Waals surface area contributed by atoms with Crippen molar-refractivity contribution in [3.8, 4) is 0 Å². The Balaban J connectivity index is 1.96. The molecule has 1 unspecified atom stereocenters. The number of nitrogens with zero attached hydrogens (tertiary/aromatic N) is 2. The normalized spacial score (nSPS) is 12.7. The van der Waals surface area contributed by atoms with Crippen molar-refractivity contribution in [3.63, 3.8) is 0 Å². The Morgan fingerprint density at radius 3 is 2.57 bits per heavy atom. The van der Waals surface area contributed by atoms with E-state index in [1.165, 1.54) is 6.07 Å². The summed E-state index contributed by atoms with van der Waals surface area (Å²) in [6.07, 6.45) is 0.641. The van der Waals surface area contributed by atoms with Gasteiger partial charge in [-0.05, 0) is 25.2 Å². The third kappa shape index (κ3) is 2.54. The van der Waals surface area contributed by atoms with E-state index in [0.717, 1.165) is 16.9 Å². The van der Waals surface area contributed by atoms with Gasteiger partial charge < -0.3 is 9.88 Å². The second kappa shape index (κ2) is 5.66. The van der Waals surface area contributed by atoms with E-state index in [2.05, 4.69) is 14.9 Å². The predicted molar refractivity (Wildman–Crippen MR) is 82.6 cm³/mol. The number of aryl methyl sites for hydroxylation is 1. The highest BCUT2D eigenvalue weighted by atomic mass is 19.1. The molecule has 0 saturated carbocycles. The molecule has 0 aliphatic carbocycles. The number of nitrogens with one attached hydrogen (secondary N) is 1. The zero-order valence-electron chi connectivity index (χ0n) is 12.2. The molecule has 21 heavy (non-hydrogen) atoms. The van der Waals surface area contributed by atoms with Crippen LogP contribution in [0.25, 0.3) is 11.0 Å². The minimum Gasteiger partial charge on any atom is -0.331 e. The van der Waals surface area contributed by atoms with Crippen LogP contribution >= 0.6 is 0 Å².